The molecule has 0 spiro atoms. The van der Waals surface area contributed by atoms with E-state index in [1.807, 2.05) is 54.7 Å². The van der Waals surface area contributed by atoms with E-state index in [0.29, 0.717) is 19.3 Å². The van der Waals surface area contributed by atoms with E-state index in [0.717, 1.165) is 57.8 Å². The summed E-state index contributed by atoms with van der Waals surface area (Å²) in [4.78, 5) is 26.0. The Hall–Kier alpha value is -2.70. The average molecular weight is 852 g/mol. The normalized spacial score (nSPS) is 13.9. The van der Waals surface area contributed by atoms with E-state index in [2.05, 4.69) is 44.3 Å². The van der Waals surface area contributed by atoms with E-state index >= 15 is 0 Å². The van der Waals surface area contributed by atoms with E-state index in [9.17, 15) is 19.8 Å². The maximum absolute atomic E-state index is 13.2. The lowest BCUT2D eigenvalue weighted by Gasteiger charge is -2.24. The van der Waals surface area contributed by atoms with Gasteiger partial charge in [-0.05, 0) is 44.9 Å². The molecule has 3 unspecified atom stereocenters. The van der Waals surface area contributed by atoms with Gasteiger partial charge in [-0.3, -0.25) is 9.59 Å². The standard InChI is InChI=1S/C55H97NO5/c1-4-7-10-13-16-19-22-24-26-28-30-33-36-39-42-45-48-55(60)61-51(46-43-40-37-34-31-21-18-15-12-9-6-3)49-54(59)56-52(50-57)53(58)47-44-41-38-35-32-29-27-25-23-20-17-14-11-8-5-2/h9,12,15,18,21,26,28,31,34,37,40,43,51-53,57-58H,4-8,10-11,13-14,16-17,19-20,22-25,27,29-30,32-33,35-36,38-39,41-42,44-50H2,1-3H3,(H,56,59)/b12-9+,18-15+,28-26+,31-21-,37-34-,43-40+. The van der Waals surface area contributed by atoms with E-state index in [1.165, 1.54) is 135 Å². The molecule has 0 aliphatic rings. The third-order valence-electron chi connectivity index (χ3n) is 11.4. The molecular weight excluding hydrogens is 755 g/mol. The Balaban J connectivity index is 4.63. The molecular formula is C55H97NO5. The minimum Gasteiger partial charge on any atom is -0.461 e. The summed E-state index contributed by atoms with van der Waals surface area (Å²) in [6.45, 7) is 6.30. The Kier molecular flexibility index (Phi) is 46.2. The summed E-state index contributed by atoms with van der Waals surface area (Å²) in [5.74, 6) is -0.617. The van der Waals surface area contributed by atoms with Crippen molar-refractivity contribution >= 4 is 11.9 Å². The first-order chi connectivity index (χ1) is 30.0. The fraction of sp³-hybridized carbons (Fsp3) is 0.745. The van der Waals surface area contributed by atoms with Crippen LogP contribution in [0.15, 0.2) is 72.9 Å². The maximum Gasteiger partial charge on any atom is 0.306 e. The van der Waals surface area contributed by atoms with Gasteiger partial charge in [-0.15, -0.1) is 0 Å². The number of hydrogen-bond donors (Lipinski definition) is 3. The average Bonchev–Trinajstić information content (AvgIpc) is 3.25. The highest BCUT2D eigenvalue weighted by Gasteiger charge is 2.23. The molecule has 0 saturated heterocycles. The lowest BCUT2D eigenvalue weighted by atomic mass is 10.0. The van der Waals surface area contributed by atoms with Crippen LogP contribution in [-0.4, -0.2) is 46.9 Å². The first-order valence-corrected chi connectivity index (χ1v) is 25.7. The Labute approximate surface area is 377 Å². The van der Waals surface area contributed by atoms with E-state index in [-0.39, 0.29) is 24.9 Å². The molecule has 0 radical (unpaired) electrons. The second kappa shape index (κ2) is 48.3. The number of nitrogens with one attached hydrogen (secondary N) is 1. The number of ether oxygens (including phenoxy) is 1. The zero-order valence-corrected chi connectivity index (χ0v) is 40.0. The highest BCUT2D eigenvalue weighted by Crippen LogP contribution is 2.16. The molecule has 3 atom stereocenters. The predicted octanol–water partition coefficient (Wildman–Crippen LogP) is 15.4. The zero-order valence-electron chi connectivity index (χ0n) is 40.0. The summed E-state index contributed by atoms with van der Waals surface area (Å²) in [6, 6.07) is -0.743. The van der Waals surface area contributed by atoms with Gasteiger partial charge in [-0.2, -0.15) is 0 Å². The van der Waals surface area contributed by atoms with Crippen LogP contribution in [0.2, 0.25) is 0 Å². The van der Waals surface area contributed by atoms with Crippen molar-refractivity contribution in [2.75, 3.05) is 6.61 Å². The van der Waals surface area contributed by atoms with Crippen molar-refractivity contribution in [3.8, 4) is 0 Å². The highest BCUT2D eigenvalue weighted by atomic mass is 16.5. The summed E-state index contributed by atoms with van der Waals surface area (Å²) in [5.41, 5.74) is 0. The quantitative estimate of drug-likeness (QED) is 0.0245. The van der Waals surface area contributed by atoms with Gasteiger partial charge < -0.3 is 20.3 Å². The molecule has 6 heteroatoms. The zero-order chi connectivity index (χ0) is 44.5. The predicted molar refractivity (Wildman–Crippen MR) is 264 cm³/mol. The number of carbonyl (C=O) groups is 2. The van der Waals surface area contributed by atoms with Crippen molar-refractivity contribution in [2.45, 2.75) is 257 Å². The number of allylic oxidation sites excluding steroid dienone is 11. The molecule has 0 aromatic heterocycles. The minimum absolute atomic E-state index is 0.0234. The number of aliphatic hydroxyl groups excluding tert-OH is 2. The van der Waals surface area contributed by atoms with Crippen molar-refractivity contribution in [3.05, 3.63) is 72.9 Å². The van der Waals surface area contributed by atoms with Crippen LogP contribution >= 0.6 is 0 Å². The number of hydrogen-bond acceptors (Lipinski definition) is 5. The molecule has 0 bridgehead atoms. The molecule has 0 aromatic carbocycles. The highest BCUT2D eigenvalue weighted by molar-refractivity contribution is 5.77. The number of carbonyl (C=O) groups excluding carboxylic acids is 2. The molecule has 61 heavy (non-hydrogen) atoms. The molecule has 6 nitrogen and oxygen atoms in total. The van der Waals surface area contributed by atoms with Gasteiger partial charge in [0.2, 0.25) is 5.91 Å². The second-order valence-corrected chi connectivity index (χ2v) is 17.3. The molecule has 0 aliphatic carbocycles. The summed E-state index contributed by atoms with van der Waals surface area (Å²) in [5, 5.41) is 23.7. The van der Waals surface area contributed by atoms with Gasteiger partial charge in [0.1, 0.15) is 6.10 Å². The van der Waals surface area contributed by atoms with Crippen molar-refractivity contribution in [1.29, 1.82) is 0 Å². The molecule has 352 valence electrons. The van der Waals surface area contributed by atoms with Crippen molar-refractivity contribution < 1.29 is 24.5 Å². The number of unbranched alkanes of at least 4 members (excludes halogenated alkanes) is 26. The number of esters is 1. The number of aliphatic hydroxyl groups is 2. The van der Waals surface area contributed by atoms with Crippen LogP contribution in [-0.2, 0) is 14.3 Å². The van der Waals surface area contributed by atoms with E-state index < -0.39 is 18.2 Å². The second-order valence-electron chi connectivity index (χ2n) is 17.3. The molecule has 0 rings (SSSR count). The Bertz CT molecular complexity index is 1140. The van der Waals surface area contributed by atoms with Crippen LogP contribution in [0, 0.1) is 0 Å². The monoisotopic (exact) mass is 852 g/mol. The number of rotatable bonds is 45. The molecule has 0 aliphatic heterocycles. The summed E-state index contributed by atoms with van der Waals surface area (Å²) in [7, 11) is 0. The maximum atomic E-state index is 13.2. The Morgan fingerprint density at radius 3 is 1.38 bits per heavy atom. The van der Waals surface area contributed by atoms with Crippen LogP contribution < -0.4 is 5.32 Å². The molecule has 0 saturated carbocycles. The largest absolute Gasteiger partial charge is 0.461 e. The van der Waals surface area contributed by atoms with Crippen LogP contribution in [0.5, 0.6) is 0 Å². The Morgan fingerprint density at radius 1 is 0.508 bits per heavy atom. The summed E-state index contributed by atoms with van der Waals surface area (Å²) in [6.07, 6.45) is 61.3. The van der Waals surface area contributed by atoms with Gasteiger partial charge in [0, 0.05) is 12.8 Å². The third-order valence-corrected chi connectivity index (χ3v) is 11.4. The molecule has 3 N–H and O–H groups in total. The van der Waals surface area contributed by atoms with Crippen LogP contribution in [0.25, 0.3) is 0 Å². The van der Waals surface area contributed by atoms with Gasteiger partial charge >= 0.3 is 5.97 Å². The molecule has 0 aromatic rings. The van der Waals surface area contributed by atoms with Gasteiger partial charge in [-0.25, -0.2) is 0 Å². The van der Waals surface area contributed by atoms with Crippen LogP contribution in [0.4, 0.5) is 0 Å². The first kappa shape index (κ1) is 58.3. The fourth-order valence-electron chi connectivity index (χ4n) is 7.51. The van der Waals surface area contributed by atoms with Gasteiger partial charge in [0.05, 0.1) is 25.2 Å². The van der Waals surface area contributed by atoms with Crippen molar-refractivity contribution in [1.82, 2.24) is 5.32 Å². The molecule has 1 amide bonds. The van der Waals surface area contributed by atoms with Crippen LogP contribution in [0.3, 0.4) is 0 Å². The van der Waals surface area contributed by atoms with Crippen LogP contribution in [0.1, 0.15) is 239 Å². The van der Waals surface area contributed by atoms with Gasteiger partial charge in [0.25, 0.3) is 0 Å². The van der Waals surface area contributed by atoms with Gasteiger partial charge in [0.15, 0.2) is 0 Å². The number of amides is 1. The van der Waals surface area contributed by atoms with Gasteiger partial charge in [-0.1, -0.05) is 248 Å². The topological polar surface area (TPSA) is 95.9 Å². The lowest BCUT2D eigenvalue weighted by Crippen LogP contribution is -2.46. The molecule has 0 heterocycles. The summed E-state index contributed by atoms with van der Waals surface area (Å²) < 4.78 is 5.83. The van der Waals surface area contributed by atoms with Crippen molar-refractivity contribution in [2.24, 2.45) is 0 Å². The van der Waals surface area contributed by atoms with Crippen molar-refractivity contribution in [3.63, 3.8) is 0 Å². The Morgan fingerprint density at radius 2 is 0.918 bits per heavy atom. The fourth-order valence-corrected chi connectivity index (χ4v) is 7.51. The smallest absolute Gasteiger partial charge is 0.306 e. The lowest BCUT2D eigenvalue weighted by molar-refractivity contribution is -0.150. The molecule has 0 fully saturated rings. The van der Waals surface area contributed by atoms with E-state index in [4.69, 9.17) is 4.74 Å². The first-order valence-electron chi connectivity index (χ1n) is 25.7. The third kappa shape index (κ3) is 43.7. The minimum atomic E-state index is -0.821. The van der Waals surface area contributed by atoms with E-state index in [1.54, 1.807) is 0 Å². The summed E-state index contributed by atoms with van der Waals surface area (Å²) >= 11 is 0. The SMILES string of the molecule is CC/C=C/C=C/C=C\C=C/C=C/CC(CC(=O)NC(CO)C(O)CCCCCCCCCCCCCCCCC)OC(=O)CCCCCCC/C=C/CCCCCCCCC.